The van der Waals surface area contributed by atoms with Crippen molar-refractivity contribution in [3.8, 4) is 11.4 Å². The first-order valence-corrected chi connectivity index (χ1v) is 8.15. The molecule has 9 heteroatoms. The molecule has 0 radical (unpaired) electrons. The number of halogens is 2. The third-order valence-corrected chi connectivity index (χ3v) is 4.15. The highest BCUT2D eigenvalue weighted by atomic mass is 35.5. The van der Waals surface area contributed by atoms with Crippen LogP contribution in [-0.4, -0.2) is 32.7 Å². The van der Waals surface area contributed by atoms with Crippen molar-refractivity contribution in [1.82, 2.24) is 25.4 Å². The van der Waals surface area contributed by atoms with Crippen LogP contribution in [0.25, 0.3) is 11.4 Å². The van der Waals surface area contributed by atoms with Gasteiger partial charge in [-0.25, -0.2) is 14.5 Å². The Balaban J connectivity index is 1.74. The molecule has 0 spiro atoms. The number of nitrogens with one attached hydrogen (secondary N) is 2. The topological polar surface area (TPSA) is 88.9 Å². The van der Waals surface area contributed by atoms with Gasteiger partial charge in [-0.05, 0) is 38.0 Å². The Bertz CT molecular complexity index is 801. The lowest BCUT2D eigenvalue weighted by atomic mass is 10.2. The second kappa shape index (κ2) is 6.78. The first-order valence-electron chi connectivity index (χ1n) is 7.39. The van der Waals surface area contributed by atoms with Gasteiger partial charge < -0.3 is 5.32 Å². The van der Waals surface area contributed by atoms with E-state index >= 15 is 0 Å². The third-order valence-electron chi connectivity index (χ3n) is 3.41. The predicted octanol–water partition coefficient (Wildman–Crippen LogP) is 2.55. The van der Waals surface area contributed by atoms with Crippen LogP contribution in [0.2, 0.25) is 10.0 Å². The van der Waals surface area contributed by atoms with Gasteiger partial charge >= 0.3 is 6.03 Å². The maximum Gasteiger partial charge on any atom is 0.321 e. The SMILES string of the molecule is Cc1nc(-c2ccc(Cl)c(Cl)c2)n(CC(=O)NC(=O)NC2CC2)n1. The molecule has 126 valence electrons. The summed E-state index contributed by atoms with van der Waals surface area (Å²) in [7, 11) is 0. The summed E-state index contributed by atoms with van der Waals surface area (Å²) in [5.41, 5.74) is 0.681. The highest BCUT2D eigenvalue weighted by Crippen LogP contribution is 2.27. The van der Waals surface area contributed by atoms with Gasteiger partial charge in [-0.15, -0.1) is 0 Å². The van der Waals surface area contributed by atoms with Crippen molar-refractivity contribution in [1.29, 1.82) is 0 Å². The molecular formula is C15H15Cl2N5O2. The fraction of sp³-hybridized carbons (Fsp3) is 0.333. The van der Waals surface area contributed by atoms with Gasteiger partial charge in [-0.2, -0.15) is 5.10 Å². The van der Waals surface area contributed by atoms with E-state index in [0.717, 1.165) is 12.8 Å². The summed E-state index contributed by atoms with van der Waals surface area (Å²) in [6, 6.07) is 4.73. The molecule has 1 saturated carbocycles. The number of nitrogens with zero attached hydrogens (tertiary/aromatic N) is 3. The van der Waals surface area contributed by atoms with Gasteiger partial charge in [0.2, 0.25) is 5.91 Å². The Morgan fingerprint density at radius 3 is 2.71 bits per heavy atom. The molecule has 1 aliphatic rings. The summed E-state index contributed by atoms with van der Waals surface area (Å²) >= 11 is 11.9. The van der Waals surface area contributed by atoms with E-state index in [9.17, 15) is 9.59 Å². The number of carbonyl (C=O) groups is 2. The van der Waals surface area contributed by atoms with Crippen LogP contribution in [0.15, 0.2) is 18.2 Å². The molecule has 0 bridgehead atoms. The molecule has 1 aliphatic carbocycles. The second-order valence-electron chi connectivity index (χ2n) is 5.57. The van der Waals surface area contributed by atoms with Crippen molar-refractivity contribution in [2.45, 2.75) is 32.4 Å². The first kappa shape index (κ1) is 16.7. The van der Waals surface area contributed by atoms with Crippen LogP contribution >= 0.6 is 23.2 Å². The van der Waals surface area contributed by atoms with Gasteiger partial charge in [-0.1, -0.05) is 23.2 Å². The van der Waals surface area contributed by atoms with Crippen LogP contribution in [0, 0.1) is 6.92 Å². The van der Waals surface area contributed by atoms with Crippen LogP contribution in [-0.2, 0) is 11.3 Å². The quantitative estimate of drug-likeness (QED) is 0.868. The van der Waals surface area contributed by atoms with Crippen LogP contribution in [0.3, 0.4) is 0 Å². The number of rotatable bonds is 4. The zero-order valence-corrected chi connectivity index (χ0v) is 14.4. The lowest BCUT2D eigenvalue weighted by molar-refractivity contribution is -0.120. The van der Waals surface area contributed by atoms with Gasteiger partial charge in [0.15, 0.2) is 5.82 Å². The van der Waals surface area contributed by atoms with Crippen molar-refractivity contribution in [2.24, 2.45) is 0 Å². The van der Waals surface area contributed by atoms with Crippen molar-refractivity contribution in [3.05, 3.63) is 34.1 Å². The maximum absolute atomic E-state index is 12.0. The second-order valence-corrected chi connectivity index (χ2v) is 6.38. The molecular weight excluding hydrogens is 353 g/mol. The molecule has 7 nitrogen and oxygen atoms in total. The van der Waals surface area contributed by atoms with Gasteiger partial charge in [-0.3, -0.25) is 10.1 Å². The van der Waals surface area contributed by atoms with E-state index in [-0.39, 0.29) is 12.6 Å². The third kappa shape index (κ3) is 4.04. The minimum absolute atomic E-state index is 0.130. The van der Waals surface area contributed by atoms with Crippen molar-refractivity contribution in [2.75, 3.05) is 0 Å². The van der Waals surface area contributed by atoms with E-state index < -0.39 is 11.9 Å². The normalized spacial score (nSPS) is 13.6. The molecule has 0 unspecified atom stereocenters. The van der Waals surface area contributed by atoms with E-state index in [1.165, 1.54) is 4.68 Å². The highest BCUT2D eigenvalue weighted by Gasteiger charge is 2.24. The number of aryl methyl sites for hydroxylation is 1. The van der Waals surface area contributed by atoms with Crippen LogP contribution in [0.1, 0.15) is 18.7 Å². The molecule has 1 aromatic carbocycles. The largest absolute Gasteiger partial charge is 0.335 e. The first-order chi connectivity index (χ1) is 11.4. The average molecular weight is 368 g/mol. The summed E-state index contributed by atoms with van der Waals surface area (Å²) in [5, 5.41) is 9.98. The zero-order valence-electron chi connectivity index (χ0n) is 12.8. The summed E-state index contributed by atoms with van der Waals surface area (Å²) in [6.07, 6.45) is 1.90. The van der Waals surface area contributed by atoms with E-state index in [0.29, 0.717) is 27.3 Å². The lowest BCUT2D eigenvalue weighted by Crippen LogP contribution is -2.42. The summed E-state index contributed by atoms with van der Waals surface area (Å²) < 4.78 is 1.43. The Hall–Kier alpha value is -2.12. The molecule has 2 aromatic rings. The number of amides is 3. The molecule has 0 saturated heterocycles. The van der Waals surface area contributed by atoms with Crippen LogP contribution in [0.4, 0.5) is 4.79 Å². The number of urea groups is 1. The number of imide groups is 1. The molecule has 3 amide bonds. The number of hydrogen-bond acceptors (Lipinski definition) is 4. The maximum atomic E-state index is 12.0. The molecule has 24 heavy (non-hydrogen) atoms. The number of carbonyl (C=O) groups excluding carboxylic acids is 2. The molecule has 1 fully saturated rings. The number of hydrogen-bond donors (Lipinski definition) is 2. The standard InChI is InChI=1S/C15H15Cl2N5O2/c1-8-18-14(9-2-5-11(16)12(17)6-9)22(21-8)7-13(23)20-15(24)19-10-3-4-10/h2,5-6,10H,3-4,7H2,1H3,(H2,19,20,23,24). The summed E-state index contributed by atoms with van der Waals surface area (Å²) in [6.45, 7) is 1.59. The monoisotopic (exact) mass is 367 g/mol. The van der Waals surface area contributed by atoms with Gasteiger partial charge in [0.05, 0.1) is 10.0 Å². The van der Waals surface area contributed by atoms with Crippen molar-refractivity contribution >= 4 is 35.1 Å². The predicted molar refractivity (Wildman–Crippen MR) is 89.9 cm³/mol. The van der Waals surface area contributed by atoms with E-state index in [1.54, 1.807) is 25.1 Å². The smallest absolute Gasteiger partial charge is 0.321 e. The van der Waals surface area contributed by atoms with Gasteiger partial charge in [0, 0.05) is 11.6 Å². The van der Waals surface area contributed by atoms with Gasteiger partial charge in [0.1, 0.15) is 12.4 Å². The van der Waals surface area contributed by atoms with Crippen LogP contribution in [0.5, 0.6) is 0 Å². The zero-order chi connectivity index (χ0) is 17.3. The van der Waals surface area contributed by atoms with Gasteiger partial charge in [0.25, 0.3) is 0 Å². The Morgan fingerprint density at radius 1 is 1.29 bits per heavy atom. The minimum atomic E-state index is -0.490. The molecule has 0 atom stereocenters. The van der Waals surface area contributed by atoms with Crippen LogP contribution < -0.4 is 10.6 Å². The molecule has 1 heterocycles. The minimum Gasteiger partial charge on any atom is -0.335 e. The highest BCUT2D eigenvalue weighted by molar-refractivity contribution is 6.42. The Labute approximate surface area is 148 Å². The summed E-state index contributed by atoms with van der Waals surface area (Å²) in [4.78, 5) is 28.0. The Morgan fingerprint density at radius 2 is 2.04 bits per heavy atom. The van der Waals surface area contributed by atoms with E-state index in [2.05, 4.69) is 20.7 Å². The molecule has 3 rings (SSSR count). The van der Waals surface area contributed by atoms with E-state index in [4.69, 9.17) is 23.2 Å². The van der Waals surface area contributed by atoms with Crippen molar-refractivity contribution < 1.29 is 9.59 Å². The van der Waals surface area contributed by atoms with Crippen molar-refractivity contribution in [3.63, 3.8) is 0 Å². The summed E-state index contributed by atoms with van der Waals surface area (Å²) in [5.74, 6) is 0.509. The molecule has 0 aliphatic heterocycles. The fourth-order valence-electron chi connectivity index (χ4n) is 2.17. The number of aromatic nitrogens is 3. The molecule has 1 aromatic heterocycles. The fourth-order valence-corrected chi connectivity index (χ4v) is 2.46. The number of benzene rings is 1. The lowest BCUT2D eigenvalue weighted by Gasteiger charge is -2.08. The average Bonchev–Trinajstić information content (AvgIpc) is 3.23. The Kier molecular flexibility index (Phi) is 4.73. The molecule has 2 N–H and O–H groups in total. The van der Waals surface area contributed by atoms with E-state index in [1.807, 2.05) is 0 Å².